The first-order valence-electron chi connectivity index (χ1n) is 9.43. The second kappa shape index (κ2) is 8.48. The van der Waals surface area contributed by atoms with Crippen molar-refractivity contribution < 1.29 is 14.7 Å². The molecule has 0 spiro atoms. The Morgan fingerprint density at radius 1 is 1.08 bits per heavy atom. The third-order valence-corrected chi connectivity index (χ3v) is 5.40. The van der Waals surface area contributed by atoms with Crippen molar-refractivity contribution >= 4 is 11.8 Å². The maximum Gasteiger partial charge on any atom is 0.227 e. The zero-order valence-corrected chi connectivity index (χ0v) is 14.7. The van der Waals surface area contributed by atoms with E-state index in [2.05, 4.69) is 5.32 Å². The average Bonchev–Trinajstić information content (AvgIpc) is 2.64. The van der Waals surface area contributed by atoms with Crippen LogP contribution in [0.25, 0.3) is 0 Å². The number of carbonyl (C=O) groups is 2. The van der Waals surface area contributed by atoms with Crippen LogP contribution in [0.3, 0.4) is 0 Å². The van der Waals surface area contributed by atoms with Gasteiger partial charge in [-0.25, -0.2) is 0 Å². The molecule has 0 aromatic heterocycles. The van der Waals surface area contributed by atoms with E-state index in [-0.39, 0.29) is 23.8 Å². The first-order chi connectivity index (χ1) is 12.1. The lowest BCUT2D eigenvalue weighted by Gasteiger charge is -2.34. The predicted molar refractivity (Wildman–Crippen MR) is 95.9 cm³/mol. The SMILES string of the molecule is O=C(NC1CCCCC1O)C1CCCN(C(=O)Cc2ccccc2)C1. The molecule has 2 aliphatic rings. The van der Waals surface area contributed by atoms with E-state index < -0.39 is 6.10 Å². The van der Waals surface area contributed by atoms with Gasteiger partial charge in [-0.05, 0) is 31.2 Å². The van der Waals surface area contributed by atoms with Crippen LogP contribution in [0.15, 0.2) is 30.3 Å². The van der Waals surface area contributed by atoms with E-state index in [0.717, 1.165) is 50.6 Å². The fraction of sp³-hybridized carbons (Fsp3) is 0.600. The number of piperidine rings is 1. The van der Waals surface area contributed by atoms with Crippen molar-refractivity contribution in [2.24, 2.45) is 5.92 Å². The first kappa shape index (κ1) is 17.9. The maximum absolute atomic E-state index is 12.6. The second-order valence-electron chi connectivity index (χ2n) is 7.31. The van der Waals surface area contributed by atoms with Crippen LogP contribution in [0.5, 0.6) is 0 Å². The summed E-state index contributed by atoms with van der Waals surface area (Å²) in [5.41, 5.74) is 1.00. The minimum absolute atomic E-state index is 0.0110. The Morgan fingerprint density at radius 3 is 2.60 bits per heavy atom. The van der Waals surface area contributed by atoms with Crippen molar-refractivity contribution in [1.29, 1.82) is 0 Å². The Kier molecular flexibility index (Phi) is 6.08. The summed E-state index contributed by atoms with van der Waals surface area (Å²) in [6, 6.07) is 9.59. The van der Waals surface area contributed by atoms with Gasteiger partial charge in [0.25, 0.3) is 0 Å². The van der Waals surface area contributed by atoms with Crippen LogP contribution in [0, 0.1) is 5.92 Å². The number of nitrogens with zero attached hydrogens (tertiary/aromatic N) is 1. The molecule has 3 atom stereocenters. The zero-order valence-electron chi connectivity index (χ0n) is 14.7. The summed E-state index contributed by atoms with van der Waals surface area (Å²) in [6.07, 6.45) is 5.30. The molecule has 136 valence electrons. The molecule has 2 N–H and O–H groups in total. The van der Waals surface area contributed by atoms with Crippen LogP contribution in [0.1, 0.15) is 44.1 Å². The van der Waals surface area contributed by atoms with Crippen molar-refractivity contribution in [3.8, 4) is 0 Å². The van der Waals surface area contributed by atoms with E-state index in [4.69, 9.17) is 0 Å². The van der Waals surface area contributed by atoms with Crippen LogP contribution in [0.2, 0.25) is 0 Å². The fourth-order valence-corrected chi connectivity index (χ4v) is 3.88. The predicted octanol–water partition coefficient (Wildman–Crippen LogP) is 1.89. The monoisotopic (exact) mass is 344 g/mol. The van der Waals surface area contributed by atoms with Crippen molar-refractivity contribution in [1.82, 2.24) is 10.2 Å². The summed E-state index contributed by atoms with van der Waals surface area (Å²) >= 11 is 0. The molecule has 2 fully saturated rings. The van der Waals surface area contributed by atoms with E-state index >= 15 is 0 Å². The number of rotatable bonds is 4. The van der Waals surface area contributed by atoms with Gasteiger partial charge in [-0.1, -0.05) is 43.2 Å². The molecular weight excluding hydrogens is 316 g/mol. The first-order valence-corrected chi connectivity index (χ1v) is 9.43. The lowest BCUT2D eigenvalue weighted by Crippen LogP contribution is -2.51. The third kappa shape index (κ3) is 4.82. The number of hydrogen-bond donors (Lipinski definition) is 2. The Labute approximate surface area is 149 Å². The van der Waals surface area contributed by atoms with E-state index in [0.29, 0.717) is 13.0 Å². The van der Waals surface area contributed by atoms with E-state index in [9.17, 15) is 14.7 Å². The van der Waals surface area contributed by atoms with Crippen LogP contribution >= 0.6 is 0 Å². The summed E-state index contributed by atoms with van der Waals surface area (Å²) in [4.78, 5) is 26.9. The molecule has 3 rings (SSSR count). The molecule has 0 bridgehead atoms. The molecule has 1 saturated heterocycles. The number of hydrogen-bond acceptors (Lipinski definition) is 3. The van der Waals surface area contributed by atoms with Crippen LogP contribution in [-0.2, 0) is 16.0 Å². The molecular formula is C20H28N2O3. The van der Waals surface area contributed by atoms with Crippen LogP contribution in [0.4, 0.5) is 0 Å². The Balaban J connectivity index is 1.53. The van der Waals surface area contributed by atoms with Gasteiger partial charge in [-0.3, -0.25) is 9.59 Å². The molecule has 5 heteroatoms. The van der Waals surface area contributed by atoms with Gasteiger partial charge in [-0.2, -0.15) is 0 Å². The van der Waals surface area contributed by atoms with Crippen molar-refractivity contribution in [3.63, 3.8) is 0 Å². The fourth-order valence-electron chi connectivity index (χ4n) is 3.88. The molecule has 1 aliphatic carbocycles. The molecule has 1 aromatic rings. The number of aliphatic hydroxyl groups is 1. The van der Waals surface area contributed by atoms with Gasteiger partial charge in [-0.15, -0.1) is 0 Å². The summed E-state index contributed by atoms with van der Waals surface area (Å²) in [6.45, 7) is 1.21. The standard InChI is InChI=1S/C20H28N2O3/c23-18-11-5-4-10-17(18)21-20(25)16-9-6-12-22(14-16)19(24)13-15-7-2-1-3-8-15/h1-3,7-8,16-18,23H,4-6,9-14H2,(H,21,25). The Bertz CT molecular complexity index is 590. The highest BCUT2D eigenvalue weighted by Gasteiger charge is 2.31. The molecule has 2 amide bonds. The van der Waals surface area contributed by atoms with Gasteiger partial charge < -0.3 is 15.3 Å². The minimum Gasteiger partial charge on any atom is -0.391 e. The summed E-state index contributed by atoms with van der Waals surface area (Å²) in [7, 11) is 0. The largest absolute Gasteiger partial charge is 0.391 e. The van der Waals surface area contributed by atoms with Crippen LogP contribution in [-0.4, -0.2) is 47.1 Å². The number of nitrogens with one attached hydrogen (secondary N) is 1. The molecule has 5 nitrogen and oxygen atoms in total. The van der Waals surface area contributed by atoms with E-state index in [1.165, 1.54) is 0 Å². The van der Waals surface area contributed by atoms with Gasteiger partial charge in [0.2, 0.25) is 11.8 Å². The minimum atomic E-state index is -0.433. The van der Waals surface area contributed by atoms with Crippen molar-refractivity contribution in [3.05, 3.63) is 35.9 Å². The number of aliphatic hydroxyl groups excluding tert-OH is 1. The van der Waals surface area contributed by atoms with Crippen molar-refractivity contribution in [2.75, 3.05) is 13.1 Å². The molecule has 1 aromatic carbocycles. The van der Waals surface area contributed by atoms with Gasteiger partial charge in [0.05, 0.1) is 24.5 Å². The zero-order chi connectivity index (χ0) is 17.6. The number of amides is 2. The smallest absolute Gasteiger partial charge is 0.227 e. The Morgan fingerprint density at radius 2 is 1.84 bits per heavy atom. The van der Waals surface area contributed by atoms with E-state index in [1.807, 2.05) is 35.2 Å². The molecule has 1 heterocycles. The maximum atomic E-state index is 12.6. The van der Waals surface area contributed by atoms with Gasteiger partial charge in [0.1, 0.15) is 0 Å². The molecule has 3 unspecified atom stereocenters. The van der Waals surface area contributed by atoms with Crippen LogP contribution < -0.4 is 5.32 Å². The van der Waals surface area contributed by atoms with Gasteiger partial charge >= 0.3 is 0 Å². The average molecular weight is 344 g/mol. The highest BCUT2D eigenvalue weighted by molar-refractivity contribution is 5.82. The third-order valence-electron chi connectivity index (χ3n) is 5.40. The lowest BCUT2D eigenvalue weighted by atomic mass is 9.91. The summed E-state index contributed by atoms with van der Waals surface area (Å²) in [5.74, 6) is -0.0906. The summed E-state index contributed by atoms with van der Waals surface area (Å²) < 4.78 is 0. The number of likely N-dealkylation sites (tertiary alicyclic amines) is 1. The molecule has 1 aliphatic heterocycles. The second-order valence-corrected chi connectivity index (χ2v) is 7.31. The highest BCUT2D eigenvalue weighted by Crippen LogP contribution is 2.21. The summed E-state index contributed by atoms with van der Waals surface area (Å²) in [5, 5.41) is 13.1. The quantitative estimate of drug-likeness (QED) is 0.876. The normalized spacial score (nSPS) is 26.9. The molecule has 0 radical (unpaired) electrons. The van der Waals surface area contributed by atoms with Crippen molar-refractivity contribution in [2.45, 2.75) is 57.1 Å². The lowest BCUT2D eigenvalue weighted by molar-refractivity contribution is -0.135. The topological polar surface area (TPSA) is 69.6 Å². The molecule has 25 heavy (non-hydrogen) atoms. The number of carbonyl (C=O) groups excluding carboxylic acids is 2. The Hall–Kier alpha value is -1.88. The van der Waals surface area contributed by atoms with Gasteiger partial charge in [0, 0.05) is 13.1 Å². The number of benzene rings is 1. The highest BCUT2D eigenvalue weighted by atomic mass is 16.3. The molecule has 1 saturated carbocycles. The van der Waals surface area contributed by atoms with Gasteiger partial charge in [0.15, 0.2) is 0 Å². The van der Waals surface area contributed by atoms with E-state index in [1.54, 1.807) is 0 Å².